The second-order valence-corrected chi connectivity index (χ2v) is 5.52. The van der Waals surface area contributed by atoms with E-state index in [4.69, 9.17) is 5.11 Å². The van der Waals surface area contributed by atoms with Gasteiger partial charge >= 0.3 is 12.0 Å². The van der Waals surface area contributed by atoms with E-state index in [-0.39, 0.29) is 18.0 Å². The number of urea groups is 1. The summed E-state index contributed by atoms with van der Waals surface area (Å²) in [5.41, 5.74) is -0.0845. The van der Waals surface area contributed by atoms with Gasteiger partial charge in [0.15, 0.2) is 0 Å². The highest BCUT2D eigenvalue weighted by Gasteiger charge is 2.20. The number of rotatable bonds is 9. The molecule has 0 aromatic carbocycles. The number of aliphatic carboxylic acids is 1. The number of hydrogen-bond acceptors (Lipinski definition) is 3. The van der Waals surface area contributed by atoms with E-state index in [0.29, 0.717) is 19.5 Å². The van der Waals surface area contributed by atoms with E-state index in [0.717, 1.165) is 12.8 Å². The topological polar surface area (TPSA) is 81.7 Å². The van der Waals surface area contributed by atoms with Gasteiger partial charge in [-0.1, -0.05) is 6.42 Å². The van der Waals surface area contributed by atoms with Crippen LogP contribution in [0.1, 0.15) is 39.5 Å². The van der Waals surface area contributed by atoms with E-state index in [1.165, 1.54) is 0 Å². The summed E-state index contributed by atoms with van der Waals surface area (Å²) in [6.07, 6.45) is 2.48. The largest absolute Gasteiger partial charge is 0.481 e. The fraction of sp³-hybridized carbons (Fsp3) is 0.846. The zero-order valence-corrected chi connectivity index (χ0v) is 12.5. The Kier molecular flexibility index (Phi) is 8.14. The van der Waals surface area contributed by atoms with Crippen LogP contribution in [0.3, 0.4) is 0 Å². The highest BCUT2D eigenvalue weighted by molar-refractivity contribution is 5.73. The summed E-state index contributed by atoms with van der Waals surface area (Å²) in [5, 5.41) is 14.1. The molecule has 0 spiro atoms. The van der Waals surface area contributed by atoms with Gasteiger partial charge in [0, 0.05) is 25.0 Å². The van der Waals surface area contributed by atoms with Crippen LogP contribution in [0.2, 0.25) is 0 Å². The second-order valence-electron chi connectivity index (χ2n) is 5.52. The molecule has 19 heavy (non-hydrogen) atoms. The maximum absolute atomic E-state index is 11.5. The van der Waals surface area contributed by atoms with Crippen LogP contribution in [0.4, 0.5) is 4.79 Å². The molecular formula is C13H27N3O3. The molecule has 6 nitrogen and oxygen atoms in total. The van der Waals surface area contributed by atoms with Crippen LogP contribution in [0.15, 0.2) is 0 Å². The van der Waals surface area contributed by atoms with Gasteiger partial charge in [0.1, 0.15) is 0 Å². The van der Waals surface area contributed by atoms with Gasteiger partial charge in [-0.05, 0) is 40.8 Å². The van der Waals surface area contributed by atoms with Crippen LogP contribution in [0.5, 0.6) is 0 Å². The summed E-state index contributed by atoms with van der Waals surface area (Å²) in [6, 6.07) is -0.173. The molecule has 6 heteroatoms. The molecule has 0 heterocycles. The Labute approximate surface area is 115 Å². The van der Waals surface area contributed by atoms with Crippen LogP contribution in [-0.2, 0) is 4.79 Å². The van der Waals surface area contributed by atoms with Crippen molar-refractivity contribution in [1.82, 2.24) is 15.5 Å². The number of nitrogens with zero attached hydrogens (tertiary/aromatic N) is 1. The molecule has 0 fully saturated rings. The summed E-state index contributed by atoms with van der Waals surface area (Å²) in [6.45, 7) is 5.26. The summed E-state index contributed by atoms with van der Waals surface area (Å²) < 4.78 is 0. The third-order valence-electron chi connectivity index (χ3n) is 3.25. The summed E-state index contributed by atoms with van der Waals surface area (Å²) in [4.78, 5) is 23.9. The zero-order valence-electron chi connectivity index (χ0n) is 12.5. The second kappa shape index (κ2) is 8.74. The Morgan fingerprint density at radius 1 is 1.11 bits per heavy atom. The lowest BCUT2D eigenvalue weighted by atomic mass is 10.1. The first-order valence-corrected chi connectivity index (χ1v) is 6.66. The number of unbranched alkanes of at least 4 members (excludes halogenated alkanes) is 2. The lowest BCUT2D eigenvalue weighted by Gasteiger charge is -2.32. The molecule has 0 bridgehead atoms. The first-order valence-electron chi connectivity index (χ1n) is 6.66. The first-order chi connectivity index (χ1) is 8.75. The van der Waals surface area contributed by atoms with Gasteiger partial charge in [0.05, 0.1) is 0 Å². The molecule has 2 amide bonds. The van der Waals surface area contributed by atoms with Gasteiger partial charge in [-0.25, -0.2) is 4.79 Å². The minimum Gasteiger partial charge on any atom is -0.481 e. The number of carbonyl (C=O) groups excluding carboxylic acids is 1. The SMILES string of the molecule is CN(C)C(C)(C)CNC(=O)NCCCCCC(=O)O. The van der Waals surface area contributed by atoms with Crippen LogP contribution >= 0.6 is 0 Å². The van der Waals surface area contributed by atoms with Gasteiger partial charge in [-0.15, -0.1) is 0 Å². The fourth-order valence-electron chi connectivity index (χ4n) is 1.30. The Morgan fingerprint density at radius 3 is 2.26 bits per heavy atom. The van der Waals surface area contributed by atoms with E-state index < -0.39 is 5.97 Å². The van der Waals surface area contributed by atoms with E-state index in [9.17, 15) is 9.59 Å². The quantitative estimate of drug-likeness (QED) is 0.553. The number of nitrogens with one attached hydrogen (secondary N) is 2. The highest BCUT2D eigenvalue weighted by Crippen LogP contribution is 2.07. The van der Waals surface area contributed by atoms with Crippen LogP contribution < -0.4 is 10.6 Å². The fourth-order valence-corrected chi connectivity index (χ4v) is 1.30. The van der Waals surface area contributed by atoms with Crippen molar-refractivity contribution in [2.75, 3.05) is 27.2 Å². The van der Waals surface area contributed by atoms with E-state index in [1.54, 1.807) is 0 Å². The van der Waals surface area contributed by atoms with Crippen molar-refractivity contribution in [3.05, 3.63) is 0 Å². The molecule has 0 atom stereocenters. The number of carboxylic acid groups (broad SMARTS) is 1. The maximum Gasteiger partial charge on any atom is 0.314 e. The Hall–Kier alpha value is -1.30. The van der Waals surface area contributed by atoms with Crippen LogP contribution in [0, 0.1) is 0 Å². The molecular weight excluding hydrogens is 246 g/mol. The normalized spacial score (nSPS) is 11.4. The molecule has 0 saturated heterocycles. The molecule has 0 aliphatic rings. The summed E-state index contributed by atoms with van der Waals surface area (Å²) in [7, 11) is 3.95. The van der Waals surface area contributed by atoms with E-state index >= 15 is 0 Å². The molecule has 0 radical (unpaired) electrons. The van der Waals surface area contributed by atoms with Crippen molar-refractivity contribution >= 4 is 12.0 Å². The minimum absolute atomic E-state index is 0.0845. The number of carboxylic acids is 1. The standard InChI is InChI=1S/C13H27N3O3/c1-13(2,16(3)4)10-15-12(19)14-9-7-5-6-8-11(17)18/h5-10H2,1-4H3,(H,17,18)(H2,14,15,19). The molecule has 0 aliphatic heterocycles. The summed E-state index contributed by atoms with van der Waals surface area (Å²) in [5.74, 6) is -0.767. The number of amides is 2. The Balaban J connectivity index is 3.58. The van der Waals surface area contributed by atoms with Crippen LogP contribution in [-0.4, -0.2) is 54.7 Å². The van der Waals surface area contributed by atoms with Gasteiger partial charge in [-0.3, -0.25) is 4.79 Å². The highest BCUT2D eigenvalue weighted by atomic mass is 16.4. The first kappa shape index (κ1) is 17.7. The van der Waals surface area contributed by atoms with Crippen molar-refractivity contribution in [2.45, 2.75) is 45.1 Å². The van der Waals surface area contributed by atoms with Crippen molar-refractivity contribution in [3.63, 3.8) is 0 Å². The lowest BCUT2D eigenvalue weighted by Crippen LogP contribution is -2.50. The average Bonchev–Trinajstić information content (AvgIpc) is 2.30. The minimum atomic E-state index is -0.767. The van der Waals surface area contributed by atoms with Crippen molar-refractivity contribution in [2.24, 2.45) is 0 Å². The van der Waals surface area contributed by atoms with Gasteiger partial charge in [0.2, 0.25) is 0 Å². The van der Waals surface area contributed by atoms with E-state index in [2.05, 4.69) is 29.4 Å². The predicted octanol–water partition coefficient (Wildman–Crippen LogP) is 1.27. The van der Waals surface area contributed by atoms with Crippen molar-refractivity contribution < 1.29 is 14.7 Å². The molecule has 112 valence electrons. The molecule has 0 aliphatic carbocycles. The molecule has 0 aromatic heterocycles. The third kappa shape index (κ3) is 9.30. The number of hydrogen-bond donors (Lipinski definition) is 3. The molecule has 0 aromatic rings. The number of likely N-dealkylation sites (N-methyl/N-ethyl adjacent to an activating group) is 1. The smallest absolute Gasteiger partial charge is 0.314 e. The lowest BCUT2D eigenvalue weighted by molar-refractivity contribution is -0.137. The number of carbonyl (C=O) groups is 2. The van der Waals surface area contributed by atoms with Crippen LogP contribution in [0.25, 0.3) is 0 Å². The molecule has 0 saturated carbocycles. The predicted molar refractivity (Wildman–Crippen MR) is 75.3 cm³/mol. The average molecular weight is 273 g/mol. The zero-order chi connectivity index (χ0) is 14.9. The summed E-state index contributed by atoms with van der Waals surface area (Å²) >= 11 is 0. The van der Waals surface area contributed by atoms with Crippen molar-refractivity contribution in [3.8, 4) is 0 Å². The molecule has 0 rings (SSSR count). The third-order valence-corrected chi connectivity index (χ3v) is 3.25. The van der Waals surface area contributed by atoms with Gasteiger partial charge in [-0.2, -0.15) is 0 Å². The Bertz CT molecular complexity index is 291. The van der Waals surface area contributed by atoms with E-state index in [1.807, 2.05) is 14.1 Å². The molecule has 0 unspecified atom stereocenters. The maximum atomic E-state index is 11.5. The van der Waals surface area contributed by atoms with Gasteiger partial charge < -0.3 is 20.6 Å². The van der Waals surface area contributed by atoms with Crippen molar-refractivity contribution in [1.29, 1.82) is 0 Å². The molecule has 3 N–H and O–H groups in total. The monoisotopic (exact) mass is 273 g/mol. The van der Waals surface area contributed by atoms with Gasteiger partial charge in [0.25, 0.3) is 0 Å². The Morgan fingerprint density at radius 2 is 1.74 bits per heavy atom.